The second-order valence-electron chi connectivity index (χ2n) is 5.52. The van der Waals surface area contributed by atoms with Crippen LogP contribution >= 0.6 is 27.3 Å². The third kappa shape index (κ3) is 3.61. The minimum atomic E-state index is -3.53. The lowest BCUT2D eigenvalue weighted by atomic mass is 10.2. The van der Waals surface area contributed by atoms with E-state index < -0.39 is 10.0 Å². The summed E-state index contributed by atoms with van der Waals surface area (Å²) in [5.74, 6) is 1.34. The molecule has 0 radical (unpaired) electrons. The third-order valence-corrected chi connectivity index (χ3v) is 7.87. The molecule has 0 atom stereocenters. The zero-order valence-corrected chi connectivity index (χ0v) is 16.6. The number of benzene rings is 1. The molecule has 0 spiro atoms. The highest BCUT2D eigenvalue weighted by Gasteiger charge is 2.39. The Labute approximate surface area is 154 Å². The van der Waals surface area contributed by atoms with E-state index in [-0.39, 0.29) is 12.6 Å². The van der Waals surface area contributed by atoms with Crippen LogP contribution in [0, 0.1) is 0 Å². The zero-order valence-electron chi connectivity index (χ0n) is 13.4. The molecule has 0 saturated heterocycles. The lowest BCUT2D eigenvalue weighted by Gasteiger charge is -2.22. The SMILES string of the molecule is COc1ccc(OC)c(CN(C2CC2)S(=O)(=O)c2ccc(Br)s2)c1. The largest absolute Gasteiger partial charge is 0.497 e. The van der Waals surface area contributed by atoms with Gasteiger partial charge in [-0.15, -0.1) is 11.3 Å². The molecule has 0 aliphatic heterocycles. The first-order valence-electron chi connectivity index (χ1n) is 7.44. The summed E-state index contributed by atoms with van der Waals surface area (Å²) in [6, 6.07) is 8.87. The van der Waals surface area contributed by atoms with Gasteiger partial charge in [-0.05, 0) is 59.1 Å². The van der Waals surface area contributed by atoms with Gasteiger partial charge in [0.15, 0.2) is 0 Å². The molecule has 1 aliphatic rings. The predicted octanol–water partition coefficient (Wildman–Crippen LogP) is 3.88. The fourth-order valence-corrected chi connectivity index (χ4v) is 6.30. The van der Waals surface area contributed by atoms with Crippen molar-refractivity contribution in [1.29, 1.82) is 0 Å². The Morgan fingerprint density at radius 1 is 1.21 bits per heavy atom. The molecule has 1 aromatic carbocycles. The Kier molecular flexibility index (Phi) is 5.19. The summed E-state index contributed by atoms with van der Waals surface area (Å²) in [7, 11) is -0.366. The summed E-state index contributed by atoms with van der Waals surface area (Å²) < 4.78 is 39.4. The van der Waals surface area contributed by atoms with Gasteiger partial charge in [0.05, 0.1) is 18.0 Å². The van der Waals surface area contributed by atoms with Gasteiger partial charge >= 0.3 is 0 Å². The van der Waals surface area contributed by atoms with Crippen molar-refractivity contribution >= 4 is 37.3 Å². The number of halogens is 1. The number of rotatable bonds is 7. The highest BCUT2D eigenvalue weighted by atomic mass is 79.9. The molecule has 0 bridgehead atoms. The number of hydrogen-bond acceptors (Lipinski definition) is 5. The topological polar surface area (TPSA) is 55.8 Å². The maximum atomic E-state index is 13.0. The standard InChI is InChI=1S/C16H18BrNO4S2/c1-21-13-5-6-14(22-2)11(9-13)10-18(12-3-4-12)24(19,20)16-8-7-15(17)23-16/h5-9,12H,3-4,10H2,1-2H3. The van der Waals surface area contributed by atoms with Crippen LogP contribution in [0.5, 0.6) is 11.5 Å². The van der Waals surface area contributed by atoms with Crippen molar-refractivity contribution in [3.05, 3.63) is 39.7 Å². The van der Waals surface area contributed by atoms with Crippen molar-refractivity contribution in [2.45, 2.75) is 29.6 Å². The molecule has 0 amide bonds. The molecule has 0 unspecified atom stereocenters. The summed E-state index contributed by atoms with van der Waals surface area (Å²) in [4.78, 5) is 0. The minimum absolute atomic E-state index is 0.0479. The first-order valence-corrected chi connectivity index (χ1v) is 10.5. The second kappa shape index (κ2) is 7.03. The molecule has 5 nitrogen and oxygen atoms in total. The molecule has 1 aromatic heterocycles. The predicted molar refractivity (Wildman–Crippen MR) is 97.3 cm³/mol. The van der Waals surface area contributed by atoms with Crippen molar-refractivity contribution in [2.24, 2.45) is 0 Å². The van der Waals surface area contributed by atoms with Crippen LogP contribution in [0.2, 0.25) is 0 Å². The molecule has 2 aromatic rings. The van der Waals surface area contributed by atoms with Gasteiger partial charge in [0.2, 0.25) is 0 Å². The lowest BCUT2D eigenvalue weighted by molar-refractivity contribution is 0.370. The molecular formula is C16H18BrNO4S2. The third-order valence-electron chi connectivity index (χ3n) is 3.88. The van der Waals surface area contributed by atoms with Gasteiger partial charge in [-0.3, -0.25) is 0 Å². The van der Waals surface area contributed by atoms with Gasteiger partial charge in [-0.25, -0.2) is 8.42 Å². The highest BCUT2D eigenvalue weighted by Crippen LogP contribution is 2.38. The van der Waals surface area contributed by atoms with E-state index in [2.05, 4.69) is 15.9 Å². The number of hydrogen-bond donors (Lipinski definition) is 0. The maximum absolute atomic E-state index is 13.0. The first-order chi connectivity index (χ1) is 11.5. The fraction of sp³-hybridized carbons (Fsp3) is 0.375. The van der Waals surface area contributed by atoms with E-state index in [1.165, 1.54) is 11.3 Å². The van der Waals surface area contributed by atoms with Crippen LogP contribution in [-0.2, 0) is 16.6 Å². The van der Waals surface area contributed by atoms with Crippen molar-refractivity contribution in [3.8, 4) is 11.5 Å². The first kappa shape index (κ1) is 17.7. The molecule has 0 N–H and O–H groups in total. The van der Waals surface area contributed by atoms with E-state index in [0.717, 1.165) is 22.2 Å². The van der Waals surface area contributed by atoms with E-state index in [4.69, 9.17) is 9.47 Å². The molecule has 8 heteroatoms. The molecular weight excluding hydrogens is 414 g/mol. The van der Waals surface area contributed by atoms with Crippen molar-refractivity contribution < 1.29 is 17.9 Å². The number of thiophene rings is 1. The number of sulfonamides is 1. The molecule has 130 valence electrons. The van der Waals surface area contributed by atoms with Crippen molar-refractivity contribution in [1.82, 2.24) is 4.31 Å². The summed E-state index contributed by atoms with van der Waals surface area (Å²) in [5.41, 5.74) is 0.794. The van der Waals surface area contributed by atoms with Crippen LogP contribution in [-0.4, -0.2) is 33.0 Å². The summed E-state index contributed by atoms with van der Waals surface area (Å²) in [6.45, 7) is 0.267. The Hall–Kier alpha value is -1.09. The van der Waals surface area contributed by atoms with Crippen LogP contribution in [0.15, 0.2) is 38.3 Å². The monoisotopic (exact) mass is 431 g/mol. The Balaban J connectivity index is 1.96. The number of nitrogens with zero attached hydrogens (tertiary/aromatic N) is 1. The average molecular weight is 432 g/mol. The Morgan fingerprint density at radius 2 is 1.96 bits per heavy atom. The number of methoxy groups -OCH3 is 2. The van der Waals surface area contributed by atoms with E-state index >= 15 is 0 Å². The van der Waals surface area contributed by atoms with E-state index in [9.17, 15) is 8.42 Å². The van der Waals surface area contributed by atoms with Gasteiger partial charge in [0, 0.05) is 18.2 Å². The molecule has 1 saturated carbocycles. The molecule has 1 heterocycles. The lowest BCUT2D eigenvalue weighted by Crippen LogP contribution is -2.32. The Bertz CT molecular complexity index is 830. The van der Waals surface area contributed by atoms with Gasteiger partial charge in [-0.1, -0.05) is 0 Å². The van der Waals surface area contributed by atoms with Gasteiger partial charge in [-0.2, -0.15) is 4.31 Å². The zero-order chi connectivity index (χ0) is 17.3. The van der Waals surface area contributed by atoms with Crippen LogP contribution in [0.1, 0.15) is 18.4 Å². The van der Waals surface area contributed by atoms with E-state index in [1.807, 2.05) is 6.07 Å². The van der Waals surface area contributed by atoms with Crippen LogP contribution < -0.4 is 9.47 Å². The molecule has 3 rings (SSSR count). The second-order valence-corrected chi connectivity index (χ2v) is 10.1. The normalized spacial score (nSPS) is 14.8. The average Bonchev–Trinajstić information content (AvgIpc) is 3.31. The maximum Gasteiger partial charge on any atom is 0.253 e. The van der Waals surface area contributed by atoms with Crippen LogP contribution in [0.3, 0.4) is 0 Å². The van der Waals surface area contributed by atoms with Crippen LogP contribution in [0.4, 0.5) is 0 Å². The van der Waals surface area contributed by atoms with Crippen molar-refractivity contribution in [3.63, 3.8) is 0 Å². The summed E-state index contributed by atoms with van der Waals surface area (Å²) in [5, 5.41) is 0. The van der Waals surface area contributed by atoms with Gasteiger partial charge in [0.1, 0.15) is 15.7 Å². The Morgan fingerprint density at radius 3 is 2.50 bits per heavy atom. The summed E-state index contributed by atoms with van der Waals surface area (Å²) >= 11 is 4.56. The van der Waals surface area contributed by atoms with E-state index in [0.29, 0.717) is 15.7 Å². The smallest absolute Gasteiger partial charge is 0.253 e. The quantitative estimate of drug-likeness (QED) is 0.667. The molecule has 1 fully saturated rings. The summed E-state index contributed by atoms with van der Waals surface area (Å²) in [6.07, 6.45) is 1.77. The van der Waals surface area contributed by atoms with E-state index in [1.54, 1.807) is 42.8 Å². The van der Waals surface area contributed by atoms with Crippen molar-refractivity contribution in [2.75, 3.05) is 14.2 Å². The highest BCUT2D eigenvalue weighted by molar-refractivity contribution is 9.11. The van der Waals surface area contributed by atoms with Gasteiger partial charge in [0.25, 0.3) is 10.0 Å². The minimum Gasteiger partial charge on any atom is -0.497 e. The van der Waals surface area contributed by atoms with Gasteiger partial charge < -0.3 is 9.47 Å². The van der Waals surface area contributed by atoms with Crippen LogP contribution in [0.25, 0.3) is 0 Å². The molecule has 1 aliphatic carbocycles. The molecule has 24 heavy (non-hydrogen) atoms. The fourth-order valence-electron chi connectivity index (χ4n) is 2.50. The number of ether oxygens (including phenoxy) is 2.